The van der Waals surface area contributed by atoms with Crippen LogP contribution in [0.25, 0.3) is 99.7 Å². The SMILES string of the molecule is CCc1ccc(-n2c3ccccc3c3cc(-c4ccc5c(c4)c4ccccc4n5-c4ccc(-c5nc6ccccc6nc5-c5ccccc5)cc4)ccc32)cc1. The first-order chi connectivity index (χ1) is 27.7. The largest absolute Gasteiger partial charge is 0.309 e. The molecule has 4 heteroatoms. The minimum atomic E-state index is 0.878. The molecule has 0 unspecified atom stereocenters. The number of aromatic nitrogens is 4. The third-order valence-electron chi connectivity index (χ3n) is 11.3. The van der Waals surface area contributed by atoms with Crippen LogP contribution in [-0.4, -0.2) is 19.1 Å². The second-order valence-electron chi connectivity index (χ2n) is 14.5. The lowest BCUT2D eigenvalue weighted by Crippen LogP contribution is -1.97. The molecule has 0 atom stereocenters. The van der Waals surface area contributed by atoms with E-state index < -0.39 is 0 Å². The molecule has 8 aromatic carbocycles. The molecule has 3 heterocycles. The van der Waals surface area contributed by atoms with Crippen molar-refractivity contribution in [1.29, 1.82) is 0 Å². The summed E-state index contributed by atoms with van der Waals surface area (Å²) in [6, 6.07) is 67.5. The van der Waals surface area contributed by atoms with Gasteiger partial charge in [-0.1, -0.05) is 122 Å². The molecule has 11 aromatic rings. The number of hydrogen-bond acceptors (Lipinski definition) is 2. The van der Waals surface area contributed by atoms with Crippen molar-refractivity contribution in [2.24, 2.45) is 0 Å². The molecule has 11 rings (SSSR count). The average Bonchev–Trinajstić information content (AvgIpc) is 3.78. The van der Waals surface area contributed by atoms with E-state index in [1.165, 1.54) is 66.0 Å². The summed E-state index contributed by atoms with van der Waals surface area (Å²) in [5.41, 5.74) is 16.4. The molecule has 0 spiro atoms. The fourth-order valence-corrected chi connectivity index (χ4v) is 8.51. The van der Waals surface area contributed by atoms with Crippen molar-refractivity contribution < 1.29 is 0 Å². The van der Waals surface area contributed by atoms with Crippen molar-refractivity contribution in [3.8, 4) is 45.0 Å². The van der Waals surface area contributed by atoms with Crippen molar-refractivity contribution >= 4 is 54.6 Å². The summed E-state index contributed by atoms with van der Waals surface area (Å²) in [6.45, 7) is 2.20. The van der Waals surface area contributed by atoms with Gasteiger partial charge >= 0.3 is 0 Å². The third kappa shape index (κ3) is 5.14. The lowest BCUT2D eigenvalue weighted by molar-refractivity contribution is 1.12. The van der Waals surface area contributed by atoms with Gasteiger partial charge in [-0.25, -0.2) is 9.97 Å². The lowest BCUT2D eigenvalue weighted by Gasteiger charge is -2.12. The Morgan fingerprint density at radius 2 is 0.768 bits per heavy atom. The zero-order valence-corrected chi connectivity index (χ0v) is 30.9. The molecule has 0 N–H and O–H groups in total. The maximum Gasteiger partial charge on any atom is 0.0973 e. The van der Waals surface area contributed by atoms with Crippen LogP contribution in [0.1, 0.15) is 12.5 Å². The Hall–Kier alpha value is -7.30. The van der Waals surface area contributed by atoms with Gasteiger partial charge in [-0.15, -0.1) is 0 Å². The Morgan fingerprint density at radius 3 is 1.29 bits per heavy atom. The quantitative estimate of drug-likeness (QED) is 0.172. The highest BCUT2D eigenvalue weighted by atomic mass is 15.0. The van der Waals surface area contributed by atoms with Crippen LogP contribution in [0, 0.1) is 0 Å². The van der Waals surface area contributed by atoms with Gasteiger partial charge in [0.2, 0.25) is 0 Å². The zero-order chi connectivity index (χ0) is 37.2. The van der Waals surface area contributed by atoms with Gasteiger partial charge in [0.15, 0.2) is 0 Å². The highest BCUT2D eigenvalue weighted by molar-refractivity contribution is 6.12. The molecule has 0 aliphatic heterocycles. The predicted molar refractivity (Wildman–Crippen MR) is 234 cm³/mol. The first-order valence-electron chi connectivity index (χ1n) is 19.3. The number of para-hydroxylation sites is 4. The number of benzene rings is 8. The molecule has 4 nitrogen and oxygen atoms in total. The Labute approximate surface area is 324 Å². The Kier molecular flexibility index (Phi) is 7.42. The first-order valence-corrected chi connectivity index (χ1v) is 19.3. The van der Waals surface area contributed by atoms with Gasteiger partial charge in [-0.05, 0) is 95.9 Å². The molecular formula is C52H36N4. The molecule has 3 aromatic heterocycles. The monoisotopic (exact) mass is 716 g/mol. The fraction of sp³-hybridized carbons (Fsp3) is 0.0385. The number of fused-ring (bicyclic) bond motifs is 7. The van der Waals surface area contributed by atoms with Crippen LogP contribution in [0.4, 0.5) is 0 Å². The van der Waals surface area contributed by atoms with Crippen LogP contribution in [-0.2, 0) is 6.42 Å². The minimum Gasteiger partial charge on any atom is -0.309 e. The van der Waals surface area contributed by atoms with Crippen LogP contribution < -0.4 is 0 Å². The molecule has 0 saturated heterocycles. The first kappa shape index (κ1) is 32.2. The molecule has 56 heavy (non-hydrogen) atoms. The highest BCUT2D eigenvalue weighted by Gasteiger charge is 2.18. The molecule has 0 aliphatic carbocycles. The Bertz CT molecular complexity index is 3260. The average molecular weight is 717 g/mol. The van der Waals surface area contributed by atoms with Crippen LogP contribution >= 0.6 is 0 Å². The van der Waals surface area contributed by atoms with Crippen LogP contribution in [0.3, 0.4) is 0 Å². The summed E-state index contributed by atoms with van der Waals surface area (Å²) in [6.07, 6.45) is 1.03. The van der Waals surface area contributed by atoms with E-state index in [1.54, 1.807) is 0 Å². The second kappa shape index (κ2) is 12.9. The van der Waals surface area contributed by atoms with Gasteiger partial charge in [0, 0.05) is 44.0 Å². The number of rotatable bonds is 6. The zero-order valence-electron chi connectivity index (χ0n) is 30.9. The van der Waals surface area contributed by atoms with E-state index in [9.17, 15) is 0 Å². The number of aryl methyl sites for hydroxylation is 1. The van der Waals surface area contributed by atoms with Crippen molar-refractivity contribution in [2.75, 3.05) is 0 Å². The summed E-state index contributed by atoms with van der Waals surface area (Å²) in [4.78, 5) is 10.2. The Balaban J connectivity index is 1.02. The molecule has 0 amide bonds. The number of nitrogens with zero attached hydrogens (tertiary/aromatic N) is 4. The van der Waals surface area contributed by atoms with Gasteiger partial charge < -0.3 is 9.13 Å². The van der Waals surface area contributed by atoms with Crippen molar-refractivity contribution in [2.45, 2.75) is 13.3 Å². The molecule has 0 bridgehead atoms. The normalized spacial score (nSPS) is 11.7. The molecule has 264 valence electrons. The van der Waals surface area contributed by atoms with E-state index in [0.29, 0.717) is 0 Å². The standard InChI is InChI=1S/C52H36N4/c1-2-34-20-26-39(27-21-34)55-47-18-10-6-14-41(47)43-32-37(24-30-49(43)55)38-25-31-50-44(33-38)42-15-7-11-19-48(42)56(50)40-28-22-36(23-29-40)52-51(35-12-4-3-5-13-35)53-45-16-8-9-17-46(45)54-52/h3-33H,2H2,1H3. The van der Waals surface area contributed by atoms with E-state index in [0.717, 1.165) is 45.7 Å². The lowest BCUT2D eigenvalue weighted by atomic mass is 10.0. The van der Waals surface area contributed by atoms with Gasteiger partial charge in [0.05, 0.1) is 44.5 Å². The summed E-state index contributed by atoms with van der Waals surface area (Å²) >= 11 is 0. The van der Waals surface area contributed by atoms with Crippen LogP contribution in [0.15, 0.2) is 188 Å². The molecule has 0 radical (unpaired) electrons. The topological polar surface area (TPSA) is 35.6 Å². The molecule has 0 fully saturated rings. The summed E-state index contributed by atoms with van der Waals surface area (Å²) in [7, 11) is 0. The summed E-state index contributed by atoms with van der Waals surface area (Å²) in [5, 5.41) is 4.98. The van der Waals surface area contributed by atoms with E-state index in [2.05, 4.69) is 174 Å². The van der Waals surface area contributed by atoms with Crippen molar-refractivity contribution in [3.63, 3.8) is 0 Å². The predicted octanol–water partition coefficient (Wildman–Crippen LogP) is 13.4. The van der Waals surface area contributed by atoms with E-state index in [4.69, 9.17) is 9.97 Å². The fourth-order valence-electron chi connectivity index (χ4n) is 8.51. The van der Waals surface area contributed by atoms with Crippen LogP contribution in [0.5, 0.6) is 0 Å². The molecular weight excluding hydrogens is 681 g/mol. The van der Waals surface area contributed by atoms with Crippen LogP contribution in [0.2, 0.25) is 0 Å². The summed E-state index contributed by atoms with van der Waals surface area (Å²) in [5.74, 6) is 0. The second-order valence-corrected chi connectivity index (χ2v) is 14.5. The van der Waals surface area contributed by atoms with E-state index >= 15 is 0 Å². The smallest absolute Gasteiger partial charge is 0.0973 e. The summed E-state index contributed by atoms with van der Waals surface area (Å²) < 4.78 is 4.77. The van der Waals surface area contributed by atoms with Crippen molar-refractivity contribution in [3.05, 3.63) is 194 Å². The van der Waals surface area contributed by atoms with E-state index in [1.807, 2.05) is 30.3 Å². The van der Waals surface area contributed by atoms with Gasteiger partial charge in [0.25, 0.3) is 0 Å². The minimum absolute atomic E-state index is 0.878. The molecule has 0 aliphatic rings. The van der Waals surface area contributed by atoms with Crippen molar-refractivity contribution in [1.82, 2.24) is 19.1 Å². The maximum atomic E-state index is 5.14. The van der Waals surface area contributed by atoms with Gasteiger partial charge in [0.1, 0.15) is 0 Å². The van der Waals surface area contributed by atoms with Gasteiger partial charge in [-0.2, -0.15) is 0 Å². The molecule has 0 saturated carbocycles. The number of hydrogen-bond donors (Lipinski definition) is 0. The van der Waals surface area contributed by atoms with E-state index in [-0.39, 0.29) is 0 Å². The Morgan fingerprint density at radius 1 is 0.357 bits per heavy atom. The maximum absolute atomic E-state index is 5.14. The third-order valence-corrected chi connectivity index (χ3v) is 11.3. The highest BCUT2D eigenvalue weighted by Crippen LogP contribution is 2.39. The van der Waals surface area contributed by atoms with Gasteiger partial charge in [-0.3, -0.25) is 0 Å².